The minimum atomic E-state index is -0.460. The van der Waals surface area contributed by atoms with Gasteiger partial charge in [0, 0.05) is 11.8 Å². The number of nitrogens with one attached hydrogen (secondary N) is 1. The summed E-state index contributed by atoms with van der Waals surface area (Å²) in [7, 11) is 0. The number of carbonyl (C=O) groups excluding carboxylic acids is 1. The highest BCUT2D eigenvalue weighted by molar-refractivity contribution is 8.00. The van der Waals surface area contributed by atoms with Gasteiger partial charge in [-0.3, -0.25) is 4.79 Å². The second-order valence-electron chi connectivity index (χ2n) is 6.09. The van der Waals surface area contributed by atoms with Gasteiger partial charge in [0.15, 0.2) is 4.34 Å². The van der Waals surface area contributed by atoms with E-state index in [2.05, 4.69) is 14.7 Å². The number of primary amides is 1. The molecule has 1 aromatic rings. The average molecular weight is 326 g/mol. The summed E-state index contributed by atoms with van der Waals surface area (Å²) in [4.78, 5) is 16.4. The lowest BCUT2D eigenvalue weighted by Gasteiger charge is -2.34. The molecule has 1 heterocycles. The molecule has 21 heavy (non-hydrogen) atoms. The highest BCUT2D eigenvalue weighted by atomic mass is 32.2. The Balaban J connectivity index is 1.58. The van der Waals surface area contributed by atoms with E-state index in [4.69, 9.17) is 5.73 Å². The van der Waals surface area contributed by atoms with E-state index in [9.17, 15) is 4.79 Å². The summed E-state index contributed by atoms with van der Waals surface area (Å²) < 4.78 is 5.21. The van der Waals surface area contributed by atoms with E-state index >= 15 is 0 Å². The van der Waals surface area contributed by atoms with Gasteiger partial charge >= 0.3 is 0 Å². The molecule has 3 N–H and O–H groups in total. The number of thioether (sulfide) groups is 1. The van der Waals surface area contributed by atoms with E-state index in [1.165, 1.54) is 24.4 Å². The minimum Gasteiger partial charge on any atom is -0.368 e. The van der Waals surface area contributed by atoms with Crippen molar-refractivity contribution in [3.8, 4) is 0 Å². The molecule has 0 saturated heterocycles. The van der Waals surface area contributed by atoms with Crippen LogP contribution in [0.4, 0.5) is 0 Å². The van der Waals surface area contributed by atoms with E-state index in [-0.39, 0.29) is 5.91 Å². The molecular formula is C14H22N4OS2. The molecule has 0 spiro atoms. The lowest BCUT2D eigenvalue weighted by Crippen LogP contribution is -2.58. The first-order valence-electron chi connectivity index (χ1n) is 7.61. The Morgan fingerprint density at radius 2 is 2.33 bits per heavy atom. The van der Waals surface area contributed by atoms with E-state index in [1.807, 2.05) is 6.92 Å². The highest BCUT2D eigenvalue weighted by Crippen LogP contribution is 2.41. The van der Waals surface area contributed by atoms with E-state index in [1.54, 1.807) is 11.8 Å². The van der Waals surface area contributed by atoms with Crippen molar-refractivity contribution in [2.24, 2.45) is 11.7 Å². The van der Waals surface area contributed by atoms with Crippen LogP contribution in [0.3, 0.4) is 0 Å². The predicted octanol–water partition coefficient (Wildman–Crippen LogP) is 2.10. The Morgan fingerprint density at radius 3 is 2.95 bits per heavy atom. The summed E-state index contributed by atoms with van der Waals surface area (Å²) in [5.41, 5.74) is 5.30. The summed E-state index contributed by atoms with van der Waals surface area (Å²) in [6.07, 6.45) is 6.45. The van der Waals surface area contributed by atoms with Gasteiger partial charge in [0.2, 0.25) is 5.91 Å². The topological polar surface area (TPSA) is 80.9 Å². The second kappa shape index (κ2) is 6.22. The van der Waals surface area contributed by atoms with Crippen LogP contribution in [0.25, 0.3) is 0 Å². The monoisotopic (exact) mass is 326 g/mol. The molecule has 3 rings (SSSR count). The fourth-order valence-electron chi connectivity index (χ4n) is 3.27. The number of aryl methyl sites for hydroxylation is 1. The largest absolute Gasteiger partial charge is 0.368 e. The van der Waals surface area contributed by atoms with Crippen molar-refractivity contribution in [1.82, 2.24) is 14.7 Å². The van der Waals surface area contributed by atoms with Gasteiger partial charge in [-0.15, -0.1) is 0 Å². The fraction of sp³-hybridized carbons (Fsp3) is 0.786. The molecule has 116 valence electrons. The third-order valence-corrected chi connectivity index (χ3v) is 6.46. The fourth-order valence-corrected chi connectivity index (χ4v) is 5.04. The Morgan fingerprint density at radius 1 is 1.52 bits per heavy atom. The zero-order valence-electron chi connectivity index (χ0n) is 12.3. The Labute approximate surface area is 133 Å². The highest BCUT2D eigenvalue weighted by Gasteiger charge is 2.49. The minimum absolute atomic E-state index is 0.159. The zero-order chi connectivity index (χ0) is 14.9. The van der Waals surface area contributed by atoms with Gasteiger partial charge in [0.05, 0.1) is 0 Å². The lowest BCUT2D eigenvalue weighted by atomic mass is 9.84. The number of carbonyl (C=O) groups is 1. The maximum atomic E-state index is 12.1. The summed E-state index contributed by atoms with van der Waals surface area (Å²) in [5, 5.41) is 3.56. The predicted molar refractivity (Wildman–Crippen MR) is 85.4 cm³/mol. The van der Waals surface area contributed by atoms with Crippen molar-refractivity contribution >= 4 is 29.2 Å². The third kappa shape index (κ3) is 3.40. The van der Waals surface area contributed by atoms with Gasteiger partial charge in [-0.05, 0) is 56.5 Å². The molecule has 1 aromatic heterocycles. The molecule has 2 aliphatic carbocycles. The van der Waals surface area contributed by atoms with Crippen molar-refractivity contribution in [2.45, 2.75) is 61.4 Å². The quantitative estimate of drug-likeness (QED) is 0.750. The number of hydrogen-bond acceptors (Lipinski definition) is 6. The molecule has 0 aliphatic heterocycles. The van der Waals surface area contributed by atoms with E-state index in [0.29, 0.717) is 12.0 Å². The molecule has 0 aromatic carbocycles. The van der Waals surface area contributed by atoms with Crippen LogP contribution < -0.4 is 11.1 Å². The van der Waals surface area contributed by atoms with Gasteiger partial charge in [-0.2, -0.15) is 4.37 Å². The first-order valence-corrected chi connectivity index (χ1v) is 9.37. The van der Waals surface area contributed by atoms with Crippen molar-refractivity contribution in [1.29, 1.82) is 0 Å². The van der Waals surface area contributed by atoms with Crippen LogP contribution >= 0.6 is 23.3 Å². The maximum absolute atomic E-state index is 12.1. The van der Waals surface area contributed by atoms with Gasteiger partial charge in [0.25, 0.3) is 0 Å². The number of hydrogen-bond donors (Lipinski definition) is 2. The van der Waals surface area contributed by atoms with Gasteiger partial charge in [0.1, 0.15) is 11.4 Å². The van der Waals surface area contributed by atoms with E-state index < -0.39 is 5.54 Å². The summed E-state index contributed by atoms with van der Waals surface area (Å²) in [6.45, 7) is 1.91. The average Bonchev–Trinajstić information content (AvgIpc) is 3.00. The molecule has 5 nitrogen and oxygen atoms in total. The van der Waals surface area contributed by atoms with Gasteiger partial charge in [-0.25, -0.2) is 4.98 Å². The van der Waals surface area contributed by atoms with Crippen LogP contribution in [-0.4, -0.2) is 32.6 Å². The molecule has 2 atom stereocenters. The summed E-state index contributed by atoms with van der Waals surface area (Å²) in [6, 6.07) is 0.511. The van der Waals surface area contributed by atoms with Crippen LogP contribution in [0.1, 0.15) is 44.3 Å². The molecule has 2 saturated carbocycles. The summed E-state index contributed by atoms with van der Waals surface area (Å²) >= 11 is 3.19. The Bertz CT molecular complexity index is 517. The molecule has 1 amide bonds. The van der Waals surface area contributed by atoms with Crippen LogP contribution in [0.2, 0.25) is 0 Å². The Kier molecular flexibility index (Phi) is 4.51. The van der Waals surface area contributed by atoms with Crippen LogP contribution in [0, 0.1) is 12.8 Å². The van der Waals surface area contributed by atoms with Crippen LogP contribution in [-0.2, 0) is 4.79 Å². The first kappa shape index (κ1) is 15.2. The zero-order valence-corrected chi connectivity index (χ0v) is 13.9. The smallest absolute Gasteiger partial charge is 0.238 e. The molecule has 2 unspecified atom stereocenters. The number of rotatable bonds is 7. The number of amides is 1. The van der Waals surface area contributed by atoms with Crippen molar-refractivity contribution in [3.05, 3.63) is 5.82 Å². The number of aromatic nitrogens is 2. The number of nitrogens with two attached hydrogens (primary N) is 1. The molecule has 2 fully saturated rings. The van der Waals surface area contributed by atoms with Crippen molar-refractivity contribution < 1.29 is 4.79 Å². The van der Waals surface area contributed by atoms with E-state index in [0.717, 1.165) is 41.6 Å². The van der Waals surface area contributed by atoms with Gasteiger partial charge < -0.3 is 11.1 Å². The molecule has 0 bridgehead atoms. The maximum Gasteiger partial charge on any atom is 0.238 e. The molecule has 0 radical (unpaired) electrons. The lowest BCUT2D eigenvalue weighted by molar-refractivity contribution is -0.126. The van der Waals surface area contributed by atoms with Crippen LogP contribution in [0.15, 0.2) is 4.34 Å². The normalized spacial score (nSPS) is 28.9. The third-order valence-electron chi connectivity index (χ3n) is 4.50. The first-order chi connectivity index (χ1) is 10.1. The molecular weight excluding hydrogens is 304 g/mol. The van der Waals surface area contributed by atoms with Crippen molar-refractivity contribution in [3.63, 3.8) is 0 Å². The Hall–Kier alpha value is -0.660. The molecule has 2 aliphatic rings. The second-order valence-corrected chi connectivity index (χ2v) is 8.18. The SMILES string of the molecule is Cc1nsc(SCCC2CCCC2(NC2CC2)C(N)=O)n1. The standard InChI is InChI=1S/C14H22N4OS2/c1-9-16-13(21-18-9)20-8-6-10-3-2-7-14(10,12(15)19)17-11-4-5-11/h10-11,17H,2-8H2,1H3,(H2,15,19). The molecule has 7 heteroatoms. The van der Waals surface area contributed by atoms with Gasteiger partial charge in [-0.1, -0.05) is 18.2 Å². The van der Waals surface area contributed by atoms with Crippen molar-refractivity contribution in [2.75, 3.05) is 5.75 Å². The number of nitrogens with zero attached hydrogens (tertiary/aromatic N) is 2. The summed E-state index contributed by atoms with van der Waals surface area (Å²) in [5.74, 6) is 2.01. The van der Waals surface area contributed by atoms with Crippen LogP contribution in [0.5, 0.6) is 0 Å².